The summed E-state index contributed by atoms with van der Waals surface area (Å²) in [6, 6.07) is 5.06. The number of rotatable bonds is 2. The summed E-state index contributed by atoms with van der Waals surface area (Å²) in [5.41, 5.74) is 0.210. The predicted octanol–water partition coefficient (Wildman–Crippen LogP) is 3.55. The maximum Gasteiger partial charge on any atom is 0.336 e. The van der Waals surface area contributed by atoms with Crippen molar-refractivity contribution in [2.24, 2.45) is 0 Å². The molecule has 1 aromatic heterocycles. The summed E-state index contributed by atoms with van der Waals surface area (Å²) in [5, 5.41) is 8.97. The van der Waals surface area contributed by atoms with Crippen LogP contribution in [0, 0.1) is 5.82 Å². The van der Waals surface area contributed by atoms with Crippen LogP contribution in [0.5, 0.6) is 0 Å². The first-order valence-corrected chi connectivity index (χ1v) is 5.15. The van der Waals surface area contributed by atoms with Crippen molar-refractivity contribution in [3.63, 3.8) is 0 Å². The summed E-state index contributed by atoms with van der Waals surface area (Å²) >= 11 is 3.20. The van der Waals surface area contributed by atoms with Crippen molar-refractivity contribution in [1.29, 1.82) is 0 Å². The van der Waals surface area contributed by atoms with Crippen molar-refractivity contribution in [3.05, 3.63) is 46.4 Å². The molecule has 3 nitrogen and oxygen atoms in total. The van der Waals surface area contributed by atoms with Crippen molar-refractivity contribution >= 4 is 21.9 Å². The highest BCUT2D eigenvalue weighted by atomic mass is 79.9. The molecule has 0 aliphatic heterocycles. The molecule has 0 unspecified atom stereocenters. The van der Waals surface area contributed by atoms with Gasteiger partial charge in [0, 0.05) is 5.56 Å². The van der Waals surface area contributed by atoms with E-state index in [4.69, 9.17) is 9.52 Å². The van der Waals surface area contributed by atoms with Crippen LogP contribution >= 0.6 is 15.9 Å². The van der Waals surface area contributed by atoms with Gasteiger partial charge in [-0.2, -0.15) is 0 Å². The molecule has 82 valence electrons. The lowest BCUT2D eigenvalue weighted by Crippen LogP contribution is -1.99. The summed E-state index contributed by atoms with van der Waals surface area (Å²) < 4.78 is 18.8. The molecule has 16 heavy (non-hydrogen) atoms. The molecule has 0 saturated carbocycles. The Morgan fingerprint density at radius 2 is 2.12 bits per heavy atom. The molecule has 5 heteroatoms. The topological polar surface area (TPSA) is 50.4 Å². The van der Waals surface area contributed by atoms with Crippen molar-refractivity contribution in [2.45, 2.75) is 0 Å². The smallest absolute Gasteiger partial charge is 0.336 e. The molecule has 2 aromatic rings. The average Bonchev–Trinajstić information content (AvgIpc) is 2.63. The first-order chi connectivity index (χ1) is 7.59. The van der Waals surface area contributed by atoms with Gasteiger partial charge in [-0.05, 0) is 40.2 Å². The van der Waals surface area contributed by atoms with E-state index in [0.29, 0.717) is 10.2 Å². The van der Waals surface area contributed by atoms with Crippen LogP contribution in [0.15, 0.2) is 39.4 Å². The summed E-state index contributed by atoms with van der Waals surface area (Å²) in [4.78, 5) is 11.0. The fraction of sp³-hybridized carbons (Fsp3) is 0. The van der Waals surface area contributed by atoms with Crippen LogP contribution in [-0.2, 0) is 0 Å². The van der Waals surface area contributed by atoms with E-state index in [1.54, 1.807) is 6.07 Å². The lowest BCUT2D eigenvalue weighted by Gasteiger charge is -2.03. The molecule has 1 aromatic carbocycles. The first kappa shape index (κ1) is 10.9. The van der Waals surface area contributed by atoms with Gasteiger partial charge in [-0.3, -0.25) is 0 Å². The van der Waals surface area contributed by atoms with Gasteiger partial charge in [0.15, 0.2) is 0 Å². The van der Waals surface area contributed by atoms with E-state index in [9.17, 15) is 9.18 Å². The van der Waals surface area contributed by atoms with Gasteiger partial charge in [0.05, 0.1) is 16.3 Å². The van der Waals surface area contributed by atoms with Gasteiger partial charge < -0.3 is 9.52 Å². The maximum atomic E-state index is 13.1. The lowest BCUT2D eigenvalue weighted by atomic mass is 10.1. The van der Waals surface area contributed by atoms with E-state index in [1.807, 2.05) is 0 Å². The average molecular weight is 285 g/mol. The highest BCUT2D eigenvalue weighted by molar-refractivity contribution is 9.10. The number of hydrogen-bond acceptors (Lipinski definition) is 2. The molecule has 0 bridgehead atoms. The van der Waals surface area contributed by atoms with Crippen molar-refractivity contribution in [1.82, 2.24) is 0 Å². The second-order valence-electron chi connectivity index (χ2n) is 3.09. The minimum Gasteiger partial charge on any atom is -0.478 e. The molecule has 0 saturated heterocycles. The van der Waals surface area contributed by atoms with Gasteiger partial charge in [-0.25, -0.2) is 9.18 Å². The van der Waals surface area contributed by atoms with E-state index >= 15 is 0 Å². The third kappa shape index (κ3) is 1.86. The van der Waals surface area contributed by atoms with Gasteiger partial charge >= 0.3 is 5.97 Å². The largest absolute Gasteiger partial charge is 0.478 e. The molecule has 0 aliphatic carbocycles. The molecule has 0 atom stereocenters. The van der Waals surface area contributed by atoms with Crippen LogP contribution < -0.4 is 0 Å². The van der Waals surface area contributed by atoms with Gasteiger partial charge in [-0.15, -0.1) is 0 Å². The molecule has 2 rings (SSSR count). The third-order valence-electron chi connectivity index (χ3n) is 2.07. The normalized spacial score (nSPS) is 10.4. The Labute approximate surface area is 98.6 Å². The minimum absolute atomic E-state index is 0.00273. The molecular formula is C11H6BrFO3. The van der Waals surface area contributed by atoms with Gasteiger partial charge in [0.1, 0.15) is 11.6 Å². The Hall–Kier alpha value is -1.62. The quantitative estimate of drug-likeness (QED) is 0.918. The molecule has 0 radical (unpaired) electrons. The summed E-state index contributed by atoms with van der Waals surface area (Å²) in [7, 11) is 0. The fourth-order valence-electron chi connectivity index (χ4n) is 1.38. The summed E-state index contributed by atoms with van der Waals surface area (Å²) in [6.45, 7) is 0. The number of carboxylic acid groups (broad SMARTS) is 1. The van der Waals surface area contributed by atoms with Crippen molar-refractivity contribution in [2.75, 3.05) is 0 Å². The summed E-state index contributed by atoms with van der Waals surface area (Å²) in [5.74, 6) is -1.33. The van der Waals surface area contributed by atoms with Gasteiger partial charge in [0.25, 0.3) is 0 Å². The highest BCUT2D eigenvalue weighted by Gasteiger charge is 2.17. The van der Waals surface area contributed by atoms with Crippen LogP contribution in [0.25, 0.3) is 11.3 Å². The SMILES string of the molecule is O=C(O)c1ccc(F)cc1-c1occc1Br. The van der Waals surface area contributed by atoms with Crippen LogP contribution in [0.3, 0.4) is 0 Å². The Morgan fingerprint density at radius 3 is 2.69 bits per heavy atom. The molecule has 1 N–H and O–H groups in total. The molecule has 0 spiro atoms. The number of furan rings is 1. The molecular weight excluding hydrogens is 279 g/mol. The van der Waals surface area contributed by atoms with Crippen LogP contribution in [0.2, 0.25) is 0 Å². The highest BCUT2D eigenvalue weighted by Crippen LogP contribution is 2.32. The number of carbonyl (C=O) groups is 1. The Kier molecular flexibility index (Phi) is 2.78. The van der Waals surface area contributed by atoms with Gasteiger partial charge in [0.2, 0.25) is 0 Å². The molecule has 0 fully saturated rings. The van der Waals surface area contributed by atoms with E-state index < -0.39 is 11.8 Å². The first-order valence-electron chi connectivity index (χ1n) is 4.36. The molecule has 1 heterocycles. The number of hydrogen-bond donors (Lipinski definition) is 1. The fourth-order valence-corrected chi connectivity index (χ4v) is 1.79. The monoisotopic (exact) mass is 284 g/mol. The predicted molar refractivity (Wildman–Crippen MR) is 58.8 cm³/mol. The number of halogens is 2. The van der Waals surface area contributed by atoms with Crippen LogP contribution in [-0.4, -0.2) is 11.1 Å². The van der Waals surface area contributed by atoms with Gasteiger partial charge in [-0.1, -0.05) is 0 Å². The second kappa shape index (κ2) is 4.09. The molecule has 0 amide bonds. The standard InChI is InChI=1S/C11H6BrFO3/c12-9-3-4-16-10(9)8-5-6(13)1-2-7(8)11(14)15/h1-5H,(H,14,15). The van der Waals surface area contributed by atoms with E-state index in [-0.39, 0.29) is 11.1 Å². The molecule has 0 aliphatic rings. The Bertz CT molecular complexity index is 548. The number of carboxylic acids is 1. The maximum absolute atomic E-state index is 13.1. The zero-order valence-corrected chi connectivity index (χ0v) is 9.49. The minimum atomic E-state index is -1.13. The zero-order valence-electron chi connectivity index (χ0n) is 7.91. The number of benzene rings is 1. The Balaban J connectivity index is 2.67. The van der Waals surface area contributed by atoms with E-state index in [1.165, 1.54) is 12.3 Å². The van der Waals surface area contributed by atoms with E-state index in [2.05, 4.69) is 15.9 Å². The van der Waals surface area contributed by atoms with Crippen molar-refractivity contribution in [3.8, 4) is 11.3 Å². The van der Waals surface area contributed by atoms with E-state index in [0.717, 1.165) is 12.1 Å². The van der Waals surface area contributed by atoms with Crippen molar-refractivity contribution < 1.29 is 18.7 Å². The third-order valence-corrected chi connectivity index (χ3v) is 2.70. The summed E-state index contributed by atoms with van der Waals surface area (Å²) in [6.07, 6.45) is 1.40. The van der Waals surface area contributed by atoms with Crippen LogP contribution in [0.1, 0.15) is 10.4 Å². The number of aromatic carboxylic acids is 1. The van der Waals surface area contributed by atoms with Crippen LogP contribution in [0.4, 0.5) is 4.39 Å². The lowest BCUT2D eigenvalue weighted by molar-refractivity contribution is 0.0697. The zero-order chi connectivity index (χ0) is 11.7. The Morgan fingerprint density at radius 1 is 1.38 bits per heavy atom. The second-order valence-corrected chi connectivity index (χ2v) is 3.95.